The summed E-state index contributed by atoms with van der Waals surface area (Å²) in [6, 6.07) is 25.5. The van der Waals surface area contributed by atoms with Gasteiger partial charge in [0.15, 0.2) is 0 Å². The van der Waals surface area contributed by atoms with Gasteiger partial charge in [-0.25, -0.2) is 0 Å². The van der Waals surface area contributed by atoms with Gasteiger partial charge in [0, 0.05) is 49.6 Å². The quantitative estimate of drug-likeness (QED) is 0.309. The molecule has 8 heteroatoms. The average Bonchev–Trinajstić information content (AvgIpc) is 3.34. The molecule has 1 aromatic heterocycles. The number of hydrogen-bond acceptors (Lipinski definition) is 5. The van der Waals surface area contributed by atoms with E-state index in [0.717, 1.165) is 33.2 Å². The Morgan fingerprint density at radius 3 is 2.38 bits per heavy atom. The number of likely N-dealkylation sites (N-methyl/N-ethyl adjacent to an activating group) is 2. The summed E-state index contributed by atoms with van der Waals surface area (Å²) < 4.78 is 8.68. The van der Waals surface area contributed by atoms with Crippen molar-refractivity contribution in [2.75, 3.05) is 40.8 Å². The molecule has 0 spiro atoms. The van der Waals surface area contributed by atoms with Gasteiger partial charge in [0.1, 0.15) is 5.69 Å². The van der Waals surface area contributed by atoms with Gasteiger partial charge in [0.05, 0.1) is 31.4 Å². The second-order valence-corrected chi connectivity index (χ2v) is 12.7. The van der Waals surface area contributed by atoms with E-state index in [1.54, 1.807) is 9.80 Å². The lowest BCUT2D eigenvalue weighted by Crippen LogP contribution is -2.50. The maximum Gasteiger partial charge on any atom is 0.271 e. The van der Waals surface area contributed by atoms with Crippen LogP contribution in [0, 0.1) is 5.92 Å². The first kappa shape index (κ1) is 32.4. The Morgan fingerprint density at radius 2 is 1.67 bits per heavy atom. The van der Waals surface area contributed by atoms with Crippen LogP contribution < -0.4 is 0 Å². The van der Waals surface area contributed by atoms with Gasteiger partial charge in [-0.2, -0.15) is 0 Å². The molecule has 5 rings (SSSR count). The van der Waals surface area contributed by atoms with Gasteiger partial charge in [-0.15, -0.1) is 0 Å². The molecule has 1 aliphatic rings. The summed E-state index contributed by atoms with van der Waals surface area (Å²) in [7, 11) is 7.64. The fourth-order valence-corrected chi connectivity index (χ4v) is 6.47. The molecule has 0 bridgehead atoms. The van der Waals surface area contributed by atoms with E-state index < -0.39 is 6.04 Å². The molecule has 4 aromatic rings. The van der Waals surface area contributed by atoms with E-state index in [1.165, 1.54) is 0 Å². The molecule has 238 valence electrons. The van der Waals surface area contributed by atoms with Crippen molar-refractivity contribution in [1.82, 2.24) is 19.3 Å². The summed E-state index contributed by atoms with van der Waals surface area (Å²) in [6.07, 6.45) is 0.249. The second kappa shape index (κ2) is 14.0. The molecule has 4 atom stereocenters. The second-order valence-electron chi connectivity index (χ2n) is 12.7. The smallest absolute Gasteiger partial charge is 0.271 e. The molecule has 45 heavy (non-hydrogen) atoms. The fraction of sp³-hybridized carbons (Fsp3) is 0.405. The Labute approximate surface area is 266 Å². The maximum absolute atomic E-state index is 14.6. The van der Waals surface area contributed by atoms with Crippen LogP contribution in [0.3, 0.4) is 0 Å². The zero-order chi connectivity index (χ0) is 32.2. The SMILES string of the molecule is C[C@H]1CN([C@@H](C)CO)C(=O)c2c(c3ccccc3n2C)-c2ccccc2CO[C@@H]1CN(C)C(=O)[C@@H](Cc1ccccc1)N(C)C. The highest BCUT2D eigenvalue weighted by atomic mass is 16.5. The lowest BCUT2D eigenvalue weighted by molar-refractivity contribution is -0.137. The van der Waals surface area contributed by atoms with Crippen LogP contribution in [-0.4, -0.2) is 95.2 Å². The molecule has 0 unspecified atom stereocenters. The van der Waals surface area contributed by atoms with Crippen molar-refractivity contribution in [3.05, 3.63) is 95.7 Å². The van der Waals surface area contributed by atoms with E-state index in [-0.39, 0.29) is 36.5 Å². The number of ether oxygens (including phenoxy) is 1. The predicted molar refractivity (Wildman–Crippen MR) is 179 cm³/mol. The molecule has 8 nitrogen and oxygen atoms in total. The summed E-state index contributed by atoms with van der Waals surface area (Å²) in [5, 5.41) is 11.3. The van der Waals surface area contributed by atoms with Crippen molar-refractivity contribution >= 4 is 22.7 Å². The van der Waals surface area contributed by atoms with Crippen molar-refractivity contribution in [1.29, 1.82) is 0 Å². The van der Waals surface area contributed by atoms with Crippen LogP contribution in [0.4, 0.5) is 0 Å². The highest BCUT2D eigenvalue weighted by Crippen LogP contribution is 2.38. The third kappa shape index (κ3) is 6.69. The van der Waals surface area contributed by atoms with Crippen LogP contribution in [0.15, 0.2) is 78.9 Å². The molecule has 1 N–H and O–H groups in total. The molecular formula is C37H46N4O4. The number of nitrogens with zero attached hydrogens (tertiary/aromatic N) is 4. The van der Waals surface area contributed by atoms with Crippen molar-refractivity contribution in [2.24, 2.45) is 13.0 Å². The molecule has 3 aromatic carbocycles. The number of fused-ring (bicyclic) bond motifs is 5. The number of rotatable bonds is 8. The topological polar surface area (TPSA) is 78.2 Å². The number of benzene rings is 3. The number of aryl methyl sites for hydroxylation is 1. The molecule has 2 heterocycles. The summed E-state index contributed by atoms with van der Waals surface area (Å²) in [6.45, 7) is 4.84. The van der Waals surface area contributed by atoms with E-state index in [0.29, 0.717) is 31.8 Å². The van der Waals surface area contributed by atoms with Crippen LogP contribution in [0.5, 0.6) is 0 Å². The summed E-state index contributed by atoms with van der Waals surface area (Å²) in [5.41, 5.74) is 5.47. The molecule has 0 saturated carbocycles. The minimum atomic E-state index is -0.411. The lowest BCUT2D eigenvalue weighted by Gasteiger charge is -2.36. The normalized spacial score (nSPS) is 18.7. The van der Waals surface area contributed by atoms with Crippen molar-refractivity contribution < 1.29 is 19.4 Å². The summed E-state index contributed by atoms with van der Waals surface area (Å²) in [5.74, 6) is -0.244. The van der Waals surface area contributed by atoms with E-state index in [4.69, 9.17) is 4.74 Å². The Hall–Kier alpha value is -3.98. The molecule has 2 amide bonds. The Morgan fingerprint density at radius 1 is 1.00 bits per heavy atom. The number of carbonyl (C=O) groups is 2. The maximum atomic E-state index is 14.6. The van der Waals surface area contributed by atoms with Gasteiger partial charge in [0.2, 0.25) is 5.91 Å². The molecule has 0 fully saturated rings. The van der Waals surface area contributed by atoms with Gasteiger partial charge in [0.25, 0.3) is 5.91 Å². The highest BCUT2D eigenvalue weighted by molar-refractivity contribution is 6.10. The predicted octanol–water partition coefficient (Wildman–Crippen LogP) is 4.83. The number of aromatic nitrogens is 1. The lowest BCUT2D eigenvalue weighted by atomic mass is 9.96. The average molecular weight is 611 g/mol. The monoisotopic (exact) mass is 610 g/mol. The molecule has 0 saturated heterocycles. The number of amides is 2. The van der Waals surface area contributed by atoms with Crippen molar-refractivity contribution in [2.45, 2.75) is 45.1 Å². The van der Waals surface area contributed by atoms with Crippen molar-refractivity contribution in [3.63, 3.8) is 0 Å². The van der Waals surface area contributed by atoms with Crippen LogP contribution in [-0.2, 0) is 29.6 Å². The first-order valence-corrected chi connectivity index (χ1v) is 15.8. The third-order valence-electron chi connectivity index (χ3n) is 9.24. The molecule has 0 radical (unpaired) electrons. The molecular weight excluding hydrogens is 564 g/mol. The minimum absolute atomic E-state index is 0.0184. The first-order chi connectivity index (χ1) is 21.6. The van der Waals surface area contributed by atoms with E-state index >= 15 is 0 Å². The van der Waals surface area contributed by atoms with Gasteiger partial charge >= 0.3 is 0 Å². The van der Waals surface area contributed by atoms with E-state index in [1.807, 2.05) is 111 Å². The number of para-hydroxylation sites is 1. The minimum Gasteiger partial charge on any atom is -0.394 e. The Bertz CT molecular complexity index is 1630. The van der Waals surface area contributed by atoms with Gasteiger partial charge in [-0.3, -0.25) is 14.5 Å². The number of hydrogen-bond donors (Lipinski definition) is 1. The first-order valence-electron chi connectivity index (χ1n) is 15.8. The Kier molecular flexibility index (Phi) is 10.1. The van der Waals surface area contributed by atoms with Gasteiger partial charge < -0.3 is 24.2 Å². The molecule has 1 aliphatic heterocycles. The number of aliphatic hydroxyl groups excluding tert-OH is 1. The van der Waals surface area contributed by atoms with Gasteiger partial charge in [-0.05, 0) is 50.2 Å². The number of aliphatic hydroxyl groups is 1. The van der Waals surface area contributed by atoms with Crippen LogP contribution >= 0.6 is 0 Å². The summed E-state index contributed by atoms with van der Waals surface area (Å²) >= 11 is 0. The molecule has 0 aliphatic carbocycles. The standard InChI is InChI=1S/C37H46N4O4/c1-25-21-41(26(2)23-42)37(44)35-34(30-18-12-13-19-31(30)40(35)6)29-17-11-10-16-28(29)24-45-33(25)22-39(5)36(43)32(38(3)4)20-27-14-8-7-9-15-27/h7-19,25-26,32-33,42H,20-24H2,1-6H3/t25-,26-,32+,33+/m0/s1. The van der Waals surface area contributed by atoms with Crippen LogP contribution in [0.2, 0.25) is 0 Å². The Balaban J connectivity index is 1.52. The zero-order valence-electron chi connectivity index (χ0n) is 27.3. The van der Waals surface area contributed by atoms with Gasteiger partial charge in [-0.1, -0.05) is 79.7 Å². The third-order valence-corrected chi connectivity index (χ3v) is 9.24. The largest absolute Gasteiger partial charge is 0.394 e. The van der Waals surface area contributed by atoms with Crippen LogP contribution in [0.1, 0.15) is 35.5 Å². The number of carbonyl (C=O) groups excluding carboxylic acids is 2. The van der Waals surface area contributed by atoms with E-state index in [2.05, 4.69) is 19.1 Å². The summed E-state index contributed by atoms with van der Waals surface area (Å²) in [4.78, 5) is 34.0. The van der Waals surface area contributed by atoms with Crippen molar-refractivity contribution in [3.8, 4) is 11.1 Å². The zero-order valence-corrected chi connectivity index (χ0v) is 27.3. The fourth-order valence-electron chi connectivity index (χ4n) is 6.47. The van der Waals surface area contributed by atoms with Crippen LogP contribution in [0.25, 0.3) is 22.0 Å². The highest BCUT2D eigenvalue weighted by Gasteiger charge is 2.34. The van der Waals surface area contributed by atoms with E-state index in [9.17, 15) is 14.7 Å².